The lowest BCUT2D eigenvalue weighted by atomic mass is 10.1. The number of hydrogen-bond donors (Lipinski definition) is 2. The molecule has 0 aliphatic carbocycles. The minimum atomic E-state index is -0.259. The molecule has 2 rings (SSSR count). The first-order valence-corrected chi connectivity index (χ1v) is 8.75. The number of nitrogens with one attached hydrogen (secondary N) is 2. The zero-order valence-electron chi connectivity index (χ0n) is 15.2. The van der Waals surface area contributed by atoms with Crippen molar-refractivity contribution in [2.75, 3.05) is 38.6 Å². The Morgan fingerprint density at radius 3 is 2.44 bits per heavy atom. The molecule has 1 aromatic heterocycles. The Bertz CT molecular complexity index is 695. The third-order valence-corrected chi connectivity index (χ3v) is 4.15. The Morgan fingerprint density at radius 2 is 1.84 bits per heavy atom. The van der Waals surface area contributed by atoms with E-state index in [1.54, 1.807) is 31.4 Å². The van der Waals surface area contributed by atoms with Crippen molar-refractivity contribution < 1.29 is 4.74 Å². The van der Waals surface area contributed by atoms with Crippen LogP contribution in [0.25, 0.3) is 11.3 Å². The second kappa shape index (κ2) is 9.78. The van der Waals surface area contributed by atoms with E-state index >= 15 is 0 Å². The molecule has 0 unspecified atom stereocenters. The smallest absolute Gasteiger partial charge is 0.279 e. The number of benzene rings is 1. The van der Waals surface area contributed by atoms with Gasteiger partial charge in [0, 0.05) is 12.1 Å². The van der Waals surface area contributed by atoms with Crippen LogP contribution in [0.5, 0.6) is 5.75 Å². The molecule has 0 spiro atoms. The summed E-state index contributed by atoms with van der Waals surface area (Å²) in [7, 11) is 1.60. The fraction of sp³-hybridized carbons (Fsp3) is 0.500. The van der Waals surface area contributed by atoms with Gasteiger partial charge in [0.1, 0.15) is 5.75 Å². The number of methoxy groups -OCH3 is 1. The van der Waals surface area contributed by atoms with Crippen LogP contribution in [0.2, 0.25) is 0 Å². The van der Waals surface area contributed by atoms with Crippen LogP contribution in [0.4, 0.5) is 5.95 Å². The van der Waals surface area contributed by atoms with Crippen LogP contribution in [0.15, 0.2) is 29.1 Å². The van der Waals surface area contributed by atoms with Crippen molar-refractivity contribution in [1.82, 2.24) is 20.1 Å². The Hall–Kier alpha value is -2.41. The summed E-state index contributed by atoms with van der Waals surface area (Å²) in [4.78, 5) is 17.4. The van der Waals surface area contributed by atoms with Crippen molar-refractivity contribution in [3.05, 3.63) is 34.6 Å². The molecule has 0 amide bonds. The number of nitrogens with zero attached hydrogens (tertiary/aromatic N) is 3. The van der Waals surface area contributed by atoms with E-state index in [1.165, 1.54) is 0 Å². The summed E-state index contributed by atoms with van der Waals surface area (Å²) in [6, 6.07) is 7.16. The van der Waals surface area contributed by atoms with E-state index in [2.05, 4.69) is 39.2 Å². The van der Waals surface area contributed by atoms with Crippen molar-refractivity contribution in [2.45, 2.75) is 26.7 Å². The quantitative estimate of drug-likeness (QED) is 0.643. The number of hydrogen-bond acceptors (Lipinski definition) is 6. The van der Waals surface area contributed by atoms with Crippen LogP contribution < -0.4 is 15.6 Å². The highest BCUT2D eigenvalue weighted by Gasteiger charge is 2.07. The third-order valence-electron chi connectivity index (χ3n) is 4.15. The average molecular weight is 345 g/mol. The summed E-state index contributed by atoms with van der Waals surface area (Å²) in [5.41, 5.74) is 0.751. The summed E-state index contributed by atoms with van der Waals surface area (Å²) in [5.74, 6) is 1.14. The van der Waals surface area contributed by atoms with Gasteiger partial charge in [0.05, 0.1) is 7.11 Å². The minimum Gasteiger partial charge on any atom is -0.497 e. The van der Waals surface area contributed by atoms with Crippen LogP contribution in [0.3, 0.4) is 0 Å². The summed E-state index contributed by atoms with van der Waals surface area (Å²) in [5, 5.41) is 11.2. The number of aromatic amines is 1. The van der Waals surface area contributed by atoms with Gasteiger partial charge in [-0.15, -0.1) is 10.2 Å². The van der Waals surface area contributed by atoms with Gasteiger partial charge in [0.15, 0.2) is 5.69 Å². The lowest BCUT2D eigenvalue weighted by Gasteiger charge is -2.17. The van der Waals surface area contributed by atoms with E-state index in [4.69, 9.17) is 4.74 Å². The van der Waals surface area contributed by atoms with E-state index < -0.39 is 0 Å². The average Bonchev–Trinajstić information content (AvgIpc) is 2.65. The van der Waals surface area contributed by atoms with E-state index in [0.717, 1.165) is 44.8 Å². The maximum absolute atomic E-state index is 12.2. The fourth-order valence-corrected chi connectivity index (χ4v) is 2.56. The number of rotatable bonds is 10. The number of H-pyrrole nitrogens is 1. The molecule has 7 nitrogen and oxygen atoms in total. The largest absolute Gasteiger partial charge is 0.497 e. The molecular formula is C18H27N5O2. The zero-order chi connectivity index (χ0) is 18.1. The maximum atomic E-state index is 12.2. The molecule has 0 atom stereocenters. The van der Waals surface area contributed by atoms with E-state index in [1.807, 2.05) is 0 Å². The Morgan fingerprint density at radius 1 is 1.12 bits per heavy atom. The Labute approximate surface area is 148 Å². The summed E-state index contributed by atoms with van der Waals surface area (Å²) in [6.45, 7) is 8.35. The molecule has 1 heterocycles. The number of anilines is 1. The molecule has 2 N–H and O–H groups in total. The first kappa shape index (κ1) is 18.9. The first-order valence-electron chi connectivity index (χ1n) is 8.75. The Balaban J connectivity index is 1.87. The molecule has 0 aliphatic heterocycles. The monoisotopic (exact) mass is 345 g/mol. The van der Waals surface area contributed by atoms with Crippen LogP contribution in [0.1, 0.15) is 26.7 Å². The third kappa shape index (κ3) is 5.56. The van der Waals surface area contributed by atoms with Gasteiger partial charge in [0.25, 0.3) is 5.56 Å². The van der Waals surface area contributed by atoms with Gasteiger partial charge in [0.2, 0.25) is 5.95 Å². The highest BCUT2D eigenvalue weighted by Crippen LogP contribution is 2.17. The fourth-order valence-electron chi connectivity index (χ4n) is 2.56. The van der Waals surface area contributed by atoms with E-state index in [0.29, 0.717) is 17.2 Å². The second-order valence-corrected chi connectivity index (χ2v) is 5.74. The molecule has 0 fully saturated rings. The maximum Gasteiger partial charge on any atom is 0.279 e. The van der Waals surface area contributed by atoms with Gasteiger partial charge in [-0.05, 0) is 56.7 Å². The molecule has 25 heavy (non-hydrogen) atoms. The van der Waals surface area contributed by atoms with Gasteiger partial charge >= 0.3 is 0 Å². The van der Waals surface area contributed by atoms with Gasteiger partial charge in [-0.3, -0.25) is 9.78 Å². The molecule has 0 radical (unpaired) electrons. The first-order chi connectivity index (χ1) is 12.2. The predicted octanol–water partition coefficient (Wildman–Crippen LogP) is 2.37. The lowest BCUT2D eigenvalue weighted by molar-refractivity contribution is 0.298. The van der Waals surface area contributed by atoms with Crippen LogP contribution in [0, 0.1) is 0 Å². The molecule has 0 bridgehead atoms. The number of unbranched alkanes of at least 4 members (excludes halogenated alkanes) is 1. The van der Waals surface area contributed by atoms with Gasteiger partial charge < -0.3 is 15.0 Å². The normalized spacial score (nSPS) is 10.9. The molecule has 1 aromatic carbocycles. The van der Waals surface area contributed by atoms with Crippen LogP contribution >= 0.6 is 0 Å². The summed E-state index contributed by atoms with van der Waals surface area (Å²) in [6.07, 6.45) is 2.12. The molecule has 7 heteroatoms. The van der Waals surface area contributed by atoms with Gasteiger partial charge in [-0.2, -0.15) is 0 Å². The van der Waals surface area contributed by atoms with Crippen LogP contribution in [-0.2, 0) is 0 Å². The SMILES string of the molecule is CCN(CC)CCCCNc1nnc(-c2ccc(OC)cc2)c(=O)[nH]1. The predicted molar refractivity (Wildman–Crippen MR) is 100 cm³/mol. The molecule has 2 aromatic rings. The van der Waals surface area contributed by atoms with E-state index in [9.17, 15) is 4.79 Å². The molecule has 0 saturated heterocycles. The molecule has 136 valence electrons. The zero-order valence-corrected chi connectivity index (χ0v) is 15.2. The number of ether oxygens (including phenoxy) is 1. The van der Waals surface area contributed by atoms with Crippen molar-refractivity contribution in [3.8, 4) is 17.0 Å². The summed E-state index contributed by atoms with van der Waals surface area (Å²) >= 11 is 0. The second-order valence-electron chi connectivity index (χ2n) is 5.74. The standard InChI is InChI=1S/C18H27N5O2/c1-4-23(5-2)13-7-6-12-19-18-20-17(24)16(21-22-18)14-8-10-15(25-3)11-9-14/h8-11H,4-7,12-13H2,1-3H3,(H2,19,20,22,24). The Kier molecular flexibility index (Phi) is 7.40. The van der Waals surface area contributed by atoms with E-state index in [-0.39, 0.29) is 5.56 Å². The van der Waals surface area contributed by atoms with Crippen molar-refractivity contribution in [3.63, 3.8) is 0 Å². The molecule has 0 aliphatic rings. The van der Waals surface area contributed by atoms with Crippen LogP contribution in [-0.4, -0.2) is 53.4 Å². The topological polar surface area (TPSA) is 83.1 Å². The molecular weight excluding hydrogens is 318 g/mol. The van der Waals surface area contributed by atoms with Crippen molar-refractivity contribution >= 4 is 5.95 Å². The summed E-state index contributed by atoms with van der Waals surface area (Å²) < 4.78 is 5.11. The number of aromatic nitrogens is 3. The highest BCUT2D eigenvalue weighted by atomic mass is 16.5. The highest BCUT2D eigenvalue weighted by molar-refractivity contribution is 5.58. The van der Waals surface area contributed by atoms with Gasteiger partial charge in [-0.25, -0.2) is 0 Å². The van der Waals surface area contributed by atoms with Crippen molar-refractivity contribution in [2.24, 2.45) is 0 Å². The van der Waals surface area contributed by atoms with Crippen molar-refractivity contribution in [1.29, 1.82) is 0 Å². The minimum absolute atomic E-state index is 0.259. The van der Waals surface area contributed by atoms with Gasteiger partial charge in [-0.1, -0.05) is 13.8 Å². The molecule has 0 saturated carbocycles. The lowest BCUT2D eigenvalue weighted by Crippen LogP contribution is -2.24.